The lowest BCUT2D eigenvalue weighted by atomic mass is 10.1. The molecule has 0 bridgehead atoms. The second-order valence-electron chi connectivity index (χ2n) is 3.36. The van der Waals surface area contributed by atoms with E-state index in [-0.39, 0.29) is 19.1 Å². The van der Waals surface area contributed by atoms with E-state index in [1.165, 1.54) is 0 Å². The van der Waals surface area contributed by atoms with Gasteiger partial charge in [0.25, 0.3) is 5.91 Å². The van der Waals surface area contributed by atoms with Crippen molar-refractivity contribution in [3.05, 3.63) is 29.3 Å². The summed E-state index contributed by atoms with van der Waals surface area (Å²) in [6.07, 6.45) is 0.863. The summed E-state index contributed by atoms with van der Waals surface area (Å²) in [5, 5.41) is 11.2. The predicted octanol–water partition coefficient (Wildman–Crippen LogP) is 0.980. The molecule has 0 atom stereocenters. The molecular formula is C12H17NO3. The van der Waals surface area contributed by atoms with Gasteiger partial charge in [0.05, 0.1) is 13.7 Å². The quantitative estimate of drug-likeness (QED) is 0.782. The lowest BCUT2D eigenvalue weighted by Crippen LogP contribution is -2.26. The summed E-state index contributed by atoms with van der Waals surface area (Å²) in [4.78, 5) is 11.6. The summed E-state index contributed by atoms with van der Waals surface area (Å²) in [6.45, 7) is 2.23. The Hall–Kier alpha value is -1.55. The topological polar surface area (TPSA) is 58.6 Å². The Labute approximate surface area is 95.2 Å². The van der Waals surface area contributed by atoms with Crippen LogP contribution in [-0.4, -0.2) is 31.3 Å². The first-order valence-corrected chi connectivity index (χ1v) is 5.28. The minimum absolute atomic E-state index is 0.0596. The third kappa shape index (κ3) is 2.97. The molecule has 0 fully saturated rings. The maximum Gasteiger partial charge on any atom is 0.251 e. The highest BCUT2D eigenvalue weighted by Crippen LogP contribution is 2.20. The maximum atomic E-state index is 11.6. The Morgan fingerprint density at radius 1 is 1.50 bits per heavy atom. The number of hydrogen-bond acceptors (Lipinski definition) is 3. The average Bonchev–Trinajstić information content (AvgIpc) is 2.34. The van der Waals surface area contributed by atoms with Crippen molar-refractivity contribution in [2.75, 3.05) is 20.3 Å². The highest BCUT2D eigenvalue weighted by molar-refractivity contribution is 5.94. The van der Waals surface area contributed by atoms with Crippen LogP contribution >= 0.6 is 0 Å². The first-order valence-electron chi connectivity index (χ1n) is 5.28. The zero-order valence-electron chi connectivity index (χ0n) is 9.62. The SMILES string of the molecule is CCc1ccc(C(=O)NCCO)cc1OC. The number of rotatable bonds is 5. The zero-order valence-corrected chi connectivity index (χ0v) is 9.62. The standard InChI is InChI=1S/C12H17NO3/c1-3-9-4-5-10(8-11(9)16-2)12(15)13-6-7-14/h4-5,8,14H,3,6-7H2,1-2H3,(H,13,15). The molecule has 1 aromatic carbocycles. The number of aliphatic hydroxyl groups excluding tert-OH is 1. The molecule has 88 valence electrons. The number of benzene rings is 1. The molecule has 0 aliphatic heterocycles. The number of hydrogen-bond donors (Lipinski definition) is 2. The normalized spacial score (nSPS) is 9.94. The molecule has 0 aliphatic rings. The van der Waals surface area contributed by atoms with E-state index in [1.807, 2.05) is 13.0 Å². The zero-order chi connectivity index (χ0) is 12.0. The molecule has 0 unspecified atom stereocenters. The molecule has 0 spiro atoms. The smallest absolute Gasteiger partial charge is 0.251 e. The van der Waals surface area contributed by atoms with Gasteiger partial charge in [-0.3, -0.25) is 4.79 Å². The van der Waals surface area contributed by atoms with Gasteiger partial charge in [0, 0.05) is 12.1 Å². The minimum Gasteiger partial charge on any atom is -0.496 e. The molecule has 0 saturated carbocycles. The lowest BCUT2D eigenvalue weighted by Gasteiger charge is -2.09. The van der Waals surface area contributed by atoms with Gasteiger partial charge in [-0.2, -0.15) is 0 Å². The lowest BCUT2D eigenvalue weighted by molar-refractivity contribution is 0.0944. The van der Waals surface area contributed by atoms with Gasteiger partial charge in [-0.05, 0) is 24.1 Å². The van der Waals surface area contributed by atoms with Crippen molar-refractivity contribution in [3.8, 4) is 5.75 Å². The Morgan fingerprint density at radius 3 is 2.81 bits per heavy atom. The third-order valence-corrected chi connectivity index (χ3v) is 2.33. The largest absolute Gasteiger partial charge is 0.496 e. The summed E-state index contributed by atoms with van der Waals surface area (Å²) in [5.74, 6) is 0.522. The third-order valence-electron chi connectivity index (χ3n) is 2.33. The van der Waals surface area contributed by atoms with Gasteiger partial charge in [-0.1, -0.05) is 13.0 Å². The highest BCUT2D eigenvalue weighted by atomic mass is 16.5. The Morgan fingerprint density at radius 2 is 2.25 bits per heavy atom. The molecule has 0 aliphatic carbocycles. The molecule has 4 heteroatoms. The predicted molar refractivity (Wildman–Crippen MR) is 61.8 cm³/mol. The summed E-state index contributed by atoms with van der Waals surface area (Å²) in [6, 6.07) is 5.35. The monoisotopic (exact) mass is 223 g/mol. The Balaban J connectivity index is 2.85. The fourth-order valence-electron chi connectivity index (χ4n) is 1.45. The van der Waals surface area contributed by atoms with E-state index < -0.39 is 0 Å². The molecule has 0 saturated heterocycles. The number of carbonyl (C=O) groups excluding carboxylic acids is 1. The highest BCUT2D eigenvalue weighted by Gasteiger charge is 2.08. The van der Waals surface area contributed by atoms with Crippen molar-refractivity contribution in [3.63, 3.8) is 0 Å². The van der Waals surface area contributed by atoms with Gasteiger partial charge in [-0.25, -0.2) is 0 Å². The van der Waals surface area contributed by atoms with Crippen LogP contribution in [0.25, 0.3) is 0 Å². The number of nitrogens with one attached hydrogen (secondary N) is 1. The van der Waals surface area contributed by atoms with Gasteiger partial charge in [-0.15, -0.1) is 0 Å². The van der Waals surface area contributed by atoms with Crippen LogP contribution in [0.3, 0.4) is 0 Å². The molecule has 4 nitrogen and oxygen atoms in total. The van der Waals surface area contributed by atoms with E-state index in [1.54, 1.807) is 19.2 Å². The number of aliphatic hydroxyl groups is 1. The molecule has 0 radical (unpaired) electrons. The molecule has 1 amide bonds. The van der Waals surface area contributed by atoms with E-state index in [2.05, 4.69) is 5.32 Å². The van der Waals surface area contributed by atoms with Crippen LogP contribution < -0.4 is 10.1 Å². The fraction of sp³-hybridized carbons (Fsp3) is 0.417. The van der Waals surface area contributed by atoms with Crippen molar-refractivity contribution in [1.82, 2.24) is 5.32 Å². The van der Waals surface area contributed by atoms with Crippen molar-refractivity contribution >= 4 is 5.91 Å². The van der Waals surface area contributed by atoms with Gasteiger partial charge in [0.15, 0.2) is 0 Å². The average molecular weight is 223 g/mol. The number of aryl methyl sites for hydroxylation is 1. The number of carbonyl (C=O) groups is 1. The minimum atomic E-state index is -0.199. The first-order chi connectivity index (χ1) is 7.72. The maximum absolute atomic E-state index is 11.6. The first kappa shape index (κ1) is 12.5. The van der Waals surface area contributed by atoms with E-state index in [9.17, 15) is 4.79 Å². The van der Waals surface area contributed by atoms with E-state index in [0.717, 1.165) is 17.7 Å². The number of amides is 1. The Bertz CT molecular complexity index is 363. The van der Waals surface area contributed by atoms with Crippen molar-refractivity contribution in [1.29, 1.82) is 0 Å². The van der Waals surface area contributed by atoms with Gasteiger partial charge in [0.1, 0.15) is 5.75 Å². The fourth-order valence-corrected chi connectivity index (χ4v) is 1.45. The van der Waals surface area contributed by atoms with E-state index in [0.29, 0.717) is 5.56 Å². The van der Waals surface area contributed by atoms with Crippen molar-refractivity contribution < 1.29 is 14.6 Å². The second kappa shape index (κ2) is 6.12. The van der Waals surface area contributed by atoms with Crippen molar-refractivity contribution in [2.24, 2.45) is 0 Å². The van der Waals surface area contributed by atoms with Crippen molar-refractivity contribution in [2.45, 2.75) is 13.3 Å². The summed E-state index contributed by atoms with van der Waals surface area (Å²) >= 11 is 0. The van der Waals surface area contributed by atoms with Gasteiger partial charge < -0.3 is 15.2 Å². The molecule has 1 aromatic rings. The number of methoxy groups -OCH3 is 1. The van der Waals surface area contributed by atoms with Gasteiger partial charge in [0.2, 0.25) is 0 Å². The van der Waals surface area contributed by atoms with Crippen LogP contribution in [0.15, 0.2) is 18.2 Å². The van der Waals surface area contributed by atoms with Crippen LogP contribution in [0.1, 0.15) is 22.8 Å². The molecular weight excluding hydrogens is 206 g/mol. The van der Waals surface area contributed by atoms with Gasteiger partial charge >= 0.3 is 0 Å². The second-order valence-corrected chi connectivity index (χ2v) is 3.36. The summed E-state index contributed by atoms with van der Waals surface area (Å²) in [5.41, 5.74) is 1.61. The van der Waals surface area contributed by atoms with E-state index >= 15 is 0 Å². The van der Waals surface area contributed by atoms with Crippen LogP contribution in [0.4, 0.5) is 0 Å². The number of ether oxygens (including phenoxy) is 1. The molecule has 0 aromatic heterocycles. The molecule has 1 rings (SSSR count). The molecule has 2 N–H and O–H groups in total. The Kier molecular flexibility index (Phi) is 4.79. The van der Waals surface area contributed by atoms with E-state index in [4.69, 9.17) is 9.84 Å². The summed E-state index contributed by atoms with van der Waals surface area (Å²) in [7, 11) is 1.59. The summed E-state index contributed by atoms with van der Waals surface area (Å²) < 4.78 is 5.20. The van der Waals surface area contributed by atoms with Crippen LogP contribution in [-0.2, 0) is 6.42 Å². The van der Waals surface area contributed by atoms with Crippen LogP contribution in [0.2, 0.25) is 0 Å². The molecule has 0 heterocycles. The van der Waals surface area contributed by atoms with Crippen LogP contribution in [0.5, 0.6) is 5.75 Å². The molecule has 16 heavy (non-hydrogen) atoms. The van der Waals surface area contributed by atoms with Crippen LogP contribution in [0, 0.1) is 0 Å².